The fourth-order valence-corrected chi connectivity index (χ4v) is 1.82. The zero-order chi connectivity index (χ0) is 14.6. The zero-order valence-electron chi connectivity index (χ0n) is 10.4. The Labute approximate surface area is 114 Å². The molecule has 0 aliphatic heterocycles. The van der Waals surface area contributed by atoms with Crippen LogP contribution in [0.5, 0.6) is 0 Å². The van der Waals surface area contributed by atoms with Crippen molar-refractivity contribution in [2.75, 3.05) is 0 Å². The topological polar surface area (TPSA) is 29.1 Å². The highest BCUT2D eigenvalue weighted by Crippen LogP contribution is 2.31. The van der Waals surface area contributed by atoms with E-state index in [0.717, 1.165) is 6.07 Å². The van der Waals surface area contributed by atoms with Gasteiger partial charge < -0.3 is 5.32 Å². The van der Waals surface area contributed by atoms with Gasteiger partial charge in [-0.15, -0.1) is 0 Å². The van der Waals surface area contributed by atoms with Crippen LogP contribution < -0.4 is 5.32 Å². The third-order valence-electron chi connectivity index (χ3n) is 2.80. The van der Waals surface area contributed by atoms with Gasteiger partial charge in [0, 0.05) is 12.1 Å². The second-order valence-corrected chi connectivity index (χ2v) is 4.20. The summed E-state index contributed by atoms with van der Waals surface area (Å²) in [5.74, 6) is -0.400. The van der Waals surface area contributed by atoms with Gasteiger partial charge in [0.05, 0.1) is 5.56 Å². The Kier molecular flexibility index (Phi) is 4.08. The summed E-state index contributed by atoms with van der Waals surface area (Å²) in [5, 5.41) is 2.49. The normalized spacial score (nSPS) is 11.2. The second-order valence-electron chi connectivity index (χ2n) is 4.20. The Hall–Kier alpha value is -2.30. The van der Waals surface area contributed by atoms with E-state index in [9.17, 15) is 18.0 Å². The molecule has 0 unspecified atom stereocenters. The largest absolute Gasteiger partial charge is 0.416 e. The monoisotopic (exact) mass is 279 g/mol. The summed E-state index contributed by atoms with van der Waals surface area (Å²) in [4.78, 5) is 11.8. The van der Waals surface area contributed by atoms with Crippen LogP contribution in [-0.2, 0) is 12.7 Å². The van der Waals surface area contributed by atoms with Gasteiger partial charge in [0.1, 0.15) is 0 Å². The van der Waals surface area contributed by atoms with Gasteiger partial charge >= 0.3 is 6.18 Å². The van der Waals surface area contributed by atoms with E-state index >= 15 is 0 Å². The van der Waals surface area contributed by atoms with E-state index in [1.54, 1.807) is 30.3 Å². The van der Waals surface area contributed by atoms with Crippen LogP contribution in [0.25, 0.3) is 0 Å². The summed E-state index contributed by atoms with van der Waals surface area (Å²) in [6, 6.07) is 13.5. The van der Waals surface area contributed by atoms with E-state index in [1.807, 2.05) is 0 Å². The fraction of sp³-hybridized carbons (Fsp3) is 0.133. The summed E-state index contributed by atoms with van der Waals surface area (Å²) < 4.78 is 38.3. The lowest BCUT2D eigenvalue weighted by atomic mass is 10.1. The number of carbonyl (C=O) groups excluding carboxylic acids is 1. The lowest BCUT2D eigenvalue weighted by Gasteiger charge is -2.13. The highest BCUT2D eigenvalue weighted by atomic mass is 19.4. The van der Waals surface area contributed by atoms with Crippen molar-refractivity contribution in [2.24, 2.45) is 0 Å². The average molecular weight is 279 g/mol. The number of amides is 1. The van der Waals surface area contributed by atoms with Gasteiger partial charge in [0.15, 0.2) is 0 Å². The highest BCUT2D eigenvalue weighted by Gasteiger charge is 2.32. The lowest BCUT2D eigenvalue weighted by molar-refractivity contribution is -0.138. The van der Waals surface area contributed by atoms with Gasteiger partial charge in [-0.1, -0.05) is 36.4 Å². The number of hydrogen-bond acceptors (Lipinski definition) is 1. The van der Waals surface area contributed by atoms with Gasteiger partial charge in [-0.05, 0) is 23.8 Å². The van der Waals surface area contributed by atoms with Crippen molar-refractivity contribution in [3.05, 3.63) is 71.3 Å². The molecule has 0 heterocycles. The number of hydrogen-bond donors (Lipinski definition) is 1. The molecule has 0 bridgehead atoms. The molecule has 2 nitrogen and oxygen atoms in total. The first kappa shape index (κ1) is 14.1. The van der Waals surface area contributed by atoms with E-state index in [1.165, 1.54) is 18.2 Å². The first-order valence-corrected chi connectivity index (χ1v) is 5.97. The Bertz CT molecular complexity index is 594. The van der Waals surface area contributed by atoms with Crippen LogP contribution in [0, 0.1) is 0 Å². The van der Waals surface area contributed by atoms with Crippen molar-refractivity contribution < 1.29 is 18.0 Å². The first-order chi connectivity index (χ1) is 9.48. The number of halogens is 3. The highest BCUT2D eigenvalue weighted by molar-refractivity contribution is 5.94. The Balaban J connectivity index is 2.11. The van der Waals surface area contributed by atoms with Crippen molar-refractivity contribution in [1.82, 2.24) is 5.32 Å². The smallest absolute Gasteiger partial charge is 0.348 e. The van der Waals surface area contributed by atoms with E-state index in [4.69, 9.17) is 0 Å². The molecule has 2 rings (SSSR count). The van der Waals surface area contributed by atoms with Gasteiger partial charge in [-0.3, -0.25) is 4.79 Å². The third kappa shape index (κ3) is 3.38. The van der Waals surface area contributed by atoms with Gasteiger partial charge in [-0.25, -0.2) is 0 Å². The average Bonchev–Trinajstić information content (AvgIpc) is 2.45. The number of rotatable bonds is 3. The van der Waals surface area contributed by atoms with Crippen molar-refractivity contribution in [3.8, 4) is 0 Å². The molecule has 0 aromatic heterocycles. The second kappa shape index (κ2) is 5.77. The molecule has 0 radical (unpaired) electrons. The van der Waals surface area contributed by atoms with E-state index < -0.39 is 17.6 Å². The number of benzene rings is 2. The summed E-state index contributed by atoms with van der Waals surface area (Å²) in [5.41, 5.74) is -0.269. The number of nitrogens with one attached hydrogen (secondary N) is 1. The summed E-state index contributed by atoms with van der Waals surface area (Å²) >= 11 is 0. The maximum Gasteiger partial charge on any atom is 0.416 e. The molecule has 5 heteroatoms. The Morgan fingerprint density at radius 3 is 2.20 bits per heavy atom. The predicted molar refractivity (Wildman–Crippen MR) is 69.1 cm³/mol. The van der Waals surface area contributed by atoms with Crippen molar-refractivity contribution in [1.29, 1.82) is 0 Å². The lowest BCUT2D eigenvalue weighted by Crippen LogP contribution is -2.24. The summed E-state index contributed by atoms with van der Waals surface area (Å²) in [6.45, 7) is -0.163. The van der Waals surface area contributed by atoms with Crippen LogP contribution in [0.4, 0.5) is 13.2 Å². The molecule has 0 aliphatic rings. The molecule has 1 N–H and O–H groups in total. The summed E-state index contributed by atoms with van der Waals surface area (Å²) in [6.07, 6.45) is -4.42. The van der Waals surface area contributed by atoms with Crippen LogP contribution >= 0.6 is 0 Å². The zero-order valence-corrected chi connectivity index (χ0v) is 10.4. The standard InChI is InChI=1S/C15H12F3NO/c16-15(17,18)13-9-5-4-8-12(13)10-19-14(20)11-6-2-1-3-7-11/h1-9H,10H2,(H,19,20). The minimum absolute atomic E-state index is 0.0456. The maximum absolute atomic E-state index is 12.8. The molecule has 104 valence electrons. The van der Waals surface area contributed by atoms with Crippen molar-refractivity contribution in [3.63, 3.8) is 0 Å². The Morgan fingerprint density at radius 2 is 1.55 bits per heavy atom. The fourth-order valence-electron chi connectivity index (χ4n) is 1.82. The molecule has 0 atom stereocenters. The van der Waals surface area contributed by atoms with Crippen LogP contribution in [0.3, 0.4) is 0 Å². The van der Waals surface area contributed by atoms with Crippen LogP contribution in [0.15, 0.2) is 54.6 Å². The van der Waals surface area contributed by atoms with Crippen LogP contribution in [-0.4, -0.2) is 5.91 Å². The van der Waals surface area contributed by atoms with Crippen LogP contribution in [0.2, 0.25) is 0 Å². The molecule has 0 aliphatic carbocycles. The molecule has 2 aromatic carbocycles. The van der Waals surface area contributed by atoms with Gasteiger partial charge in [0.25, 0.3) is 5.91 Å². The minimum atomic E-state index is -4.42. The molecule has 0 fully saturated rings. The van der Waals surface area contributed by atoms with E-state index in [0.29, 0.717) is 5.56 Å². The van der Waals surface area contributed by atoms with E-state index in [2.05, 4.69) is 5.32 Å². The molecule has 2 aromatic rings. The molecule has 0 saturated heterocycles. The number of carbonyl (C=O) groups is 1. The quantitative estimate of drug-likeness (QED) is 0.913. The first-order valence-electron chi connectivity index (χ1n) is 5.97. The number of alkyl halides is 3. The molecule has 20 heavy (non-hydrogen) atoms. The minimum Gasteiger partial charge on any atom is -0.348 e. The third-order valence-corrected chi connectivity index (χ3v) is 2.80. The molecular weight excluding hydrogens is 267 g/mol. The van der Waals surface area contributed by atoms with Gasteiger partial charge in [0.2, 0.25) is 0 Å². The molecular formula is C15H12F3NO. The summed E-state index contributed by atoms with van der Waals surface area (Å²) in [7, 11) is 0. The van der Waals surface area contributed by atoms with Crippen molar-refractivity contribution >= 4 is 5.91 Å². The maximum atomic E-state index is 12.8. The van der Waals surface area contributed by atoms with Gasteiger partial charge in [-0.2, -0.15) is 13.2 Å². The molecule has 0 spiro atoms. The van der Waals surface area contributed by atoms with Crippen LogP contribution in [0.1, 0.15) is 21.5 Å². The van der Waals surface area contributed by atoms with E-state index in [-0.39, 0.29) is 12.1 Å². The Morgan fingerprint density at radius 1 is 0.950 bits per heavy atom. The molecule has 0 saturated carbocycles. The molecule has 1 amide bonds. The SMILES string of the molecule is O=C(NCc1ccccc1C(F)(F)F)c1ccccc1. The van der Waals surface area contributed by atoms with Crippen molar-refractivity contribution in [2.45, 2.75) is 12.7 Å². The predicted octanol–water partition coefficient (Wildman–Crippen LogP) is 3.64.